The second kappa shape index (κ2) is 6.50. The van der Waals surface area contributed by atoms with Gasteiger partial charge in [0.1, 0.15) is 0 Å². The van der Waals surface area contributed by atoms with E-state index in [1.54, 1.807) is 6.07 Å². The molecule has 4 atom stereocenters. The minimum absolute atomic E-state index is 0.0561. The van der Waals surface area contributed by atoms with Crippen LogP contribution in [0.4, 0.5) is 0 Å². The molecule has 6 nitrogen and oxygen atoms in total. The van der Waals surface area contributed by atoms with E-state index in [-0.39, 0.29) is 17.3 Å². The number of rotatable bonds is 4. The second-order valence-corrected chi connectivity index (χ2v) is 9.14. The summed E-state index contributed by atoms with van der Waals surface area (Å²) in [4.78, 5) is 0. The van der Waals surface area contributed by atoms with Crippen molar-refractivity contribution < 1.29 is 22.4 Å². The highest BCUT2D eigenvalue weighted by atomic mass is 32.2. The summed E-state index contributed by atoms with van der Waals surface area (Å²) >= 11 is 0. The fourth-order valence-electron chi connectivity index (χ4n) is 5.71. The first-order valence-corrected chi connectivity index (χ1v) is 11.1. The van der Waals surface area contributed by atoms with E-state index in [0.29, 0.717) is 17.6 Å². The fourth-order valence-corrected chi connectivity index (χ4v) is 6.09. The lowest BCUT2D eigenvalue weighted by Gasteiger charge is -2.49. The molecule has 3 aliphatic carbocycles. The van der Waals surface area contributed by atoms with E-state index in [2.05, 4.69) is 13.0 Å². The predicted octanol–water partition coefficient (Wildman–Crippen LogP) is 2.80. The van der Waals surface area contributed by atoms with Crippen molar-refractivity contribution in [2.24, 2.45) is 16.5 Å². The fraction of sp³-hybridized carbons (Fsp3) is 0.600. The topological polar surface area (TPSA) is 98.9 Å². The summed E-state index contributed by atoms with van der Waals surface area (Å²) in [5, 5.41) is 15.7. The molecule has 148 valence electrons. The third kappa shape index (κ3) is 2.96. The second-order valence-electron chi connectivity index (χ2n) is 7.99. The number of benzene rings is 1. The molecule has 0 saturated heterocycles. The summed E-state index contributed by atoms with van der Waals surface area (Å²) < 4.78 is 33.0. The molecule has 4 rings (SSSR count). The van der Waals surface area contributed by atoms with Gasteiger partial charge in [0.2, 0.25) is 0 Å². The standard InChI is InChI=1S/C20H27NO5S/c1-3-20-9-8-13-14(16(20)6-7-19(20)22)5-4-12-10-18(26-27(21,23)24)17(25-2)11-15(12)13/h6,10-11,13-14,19,22H,3-5,7-9H2,1-2H3,(H2,21,23,24)/t13-,14+,19+,20-/m0/s1. The number of aliphatic hydroxyl groups excluding tert-OH is 1. The molecule has 3 N–H and O–H groups in total. The number of methoxy groups -OCH3 is 1. The van der Waals surface area contributed by atoms with E-state index in [9.17, 15) is 13.5 Å². The molecule has 27 heavy (non-hydrogen) atoms. The van der Waals surface area contributed by atoms with Crippen molar-refractivity contribution in [1.29, 1.82) is 0 Å². The molecule has 0 radical (unpaired) electrons. The van der Waals surface area contributed by atoms with Crippen LogP contribution in [0.25, 0.3) is 0 Å². The molecular formula is C20H27NO5S. The molecule has 1 aromatic carbocycles. The largest absolute Gasteiger partial charge is 0.493 e. The molecule has 0 amide bonds. The van der Waals surface area contributed by atoms with Gasteiger partial charge < -0.3 is 14.0 Å². The van der Waals surface area contributed by atoms with Gasteiger partial charge in [-0.2, -0.15) is 13.6 Å². The van der Waals surface area contributed by atoms with Crippen LogP contribution in [0.15, 0.2) is 23.8 Å². The molecule has 0 aliphatic heterocycles. The first kappa shape index (κ1) is 18.8. The lowest BCUT2D eigenvalue weighted by Crippen LogP contribution is -2.41. The Balaban J connectivity index is 1.73. The van der Waals surface area contributed by atoms with Crippen LogP contribution in [0.2, 0.25) is 0 Å². The Morgan fingerprint density at radius 3 is 2.70 bits per heavy atom. The van der Waals surface area contributed by atoms with E-state index in [1.807, 2.05) is 6.07 Å². The van der Waals surface area contributed by atoms with Gasteiger partial charge in [0, 0.05) is 5.41 Å². The molecule has 0 unspecified atom stereocenters. The van der Waals surface area contributed by atoms with Crippen molar-refractivity contribution in [2.75, 3.05) is 7.11 Å². The first-order valence-electron chi connectivity index (χ1n) is 9.60. The highest BCUT2D eigenvalue weighted by Gasteiger charge is 2.51. The maximum Gasteiger partial charge on any atom is 0.380 e. The van der Waals surface area contributed by atoms with Crippen LogP contribution in [-0.4, -0.2) is 26.7 Å². The first-order chi connectivity index (χ1) is 12.8. The Morgan fingerprint density at radius 2 is 2.04 bits per heavy atom. The molecule has 0 aromatic heterocycles. The zero-order chi connectivity index (χ0) is 19.4. The average Bonchev–Trinajstić information content (AvgIpc) is 2.96. The van der Waals surface area contributed by atoms with Crippen LogP contribution < -0.4 is 14.1 Å². The van der Waals surface area contributed by atoms with E-state index >= 15 is 0 Å². The molecule has 0 heterocycles. The van der Waals surface area contributed by atoms with Gasteiger partial charge >= 0.3 is 10.3 Å². The van der Waals surface area contributed by atoms with Crippen molar-refractivity contribution >= 4 is 10.3 Å². The predicted molar refractivity (Wildman–Crippen MR) is 102 cm³/mol. The minimum atomic E-state index is -4.11. The van der Waals surface area contributed by atoms with Crippen molar-refractivity contribution in [3.05, 3.63) is 34.9 Å². The normalized spacial score (nSPS) is 32.1. The maximum atomic E-state index is 11.4. The number of hydrogen-bond acceptors (Lipinski definition) is 5. The van der Waals surface area contributed by atoms with Crippen LogP contribution >= 0.6 is 0 Å². The van der Waals surface area contributed by atoms with Gasteiger partial charge in [-0.15, -0.1) is 0 Å². The van der Waals surface area contributed by atoms with Crippen molar-refractivity contribution in [3.63, 3.8) is 0 Å². The molecular weight excluding hydrogens is 366 g/mol. The summed E-state index contributed by atoms with van der Waals surface area (Å²) in [5.74, 6) is 1.32. The van der Waals surface area contributed by atoms with Gasteiger partial charge in [-0.1, -0.05) is 18.6 Å². The van der Waals surface area contributed by atoms with E-state index in [4.69, 9.17) is 14.1 Å². The van der Waals surface area contributed by atoms with Gasteiger partial charge in [0.05, 0.1) is 13.2 Å². The molecule has 7 heteroatoms. The van der Waals surface area contributed by atoms with Crippen molar-refractivity contribution in [3.8, 4) is 11.5 Å². The molecule has 0 spiro atoms. The van der Waals surface area contributed by atoms with Crippen molar-refractivity contribution in [1.82, 2.24) is 0 Å². The van der Waals surface area contributed by atoms with Gasteiger partial charge in [0.15, 0.2) is 11.5 Å². The highest BCUT2D eigenvalue weighted by Crippen LogP contribution is 2.60. The third-order valence-electron chi connectivity index (χ3n) is 6.95. The van der Waals surface area contributed by atoms with Gasteiger partial charge in [0.25, 0.3) is 0 Å². The molecule has 1 saturated carbocycles. The number of hydrogen-bond donors (Lipinski definition) is 2. The number of ether oxygens (including phenoxy) is 1. The number of fused-ring (bicyclic) bond motifs is 5. The van der Waals surface area contributed by atoms with E-state index in [0.717, 1.165) is 44.1 Å². The number of aryl methyl sites for hydroxylation is 1. The number of aliphatic hydroxyl groups is 1. The van der Waals surface area contributed by atoms with Gasteiger partial charge in [-0.25, -0.2) is 0 Å². The third-order valence-corrected chi connectivity index (χ3v) is 7.36. The summed E-state index contributed by atoms with van der Waals surface area (Å²) in [7, 11) is -2.61. The minimum Gasteiger partial charge on any atom is -0.493 e. The summed E-state index contributed by atoms with van der Waals surface area (Å²) in [6, 6.07) is 3.67. The maximum absolute atomic E-state index is 11.4. The Morgan fingerprint density at radius 1 is 1.26 bits per heavy atom. The van der Waals surface area contributed by atoms with Crippen LogP contribution in [0, 0.1) is 11.3 Å². The Hall–Kier alpha value is -1.57. The zero-order valence-corrected chi connectivity index (χ0v) is 16.6. The Bertz CT molecular complexity index is 894. The summed E-state index contributed by atoms with van der Waals surface area (Å²) in [6.45, 7) is 2.18. The summed E-state index contributed by atoms with van der Waals surface area (Å²) in [6.07, 6.45) is 7.57. The average molecular weight is 394 g/mol. The zero-order valence-electron chi connectivity index (χ0n) is 15.8. The molecule has 1 aromatic rings. The van der Waals surface area contributed by atoms with Crippen LogP contribution in [0.3, 0.4) is 0 Å². The monoisotopic (exact) mass is 393 g/mol. The van der Waals surface area contributed by atoms with Crippen LogP contribution in [-0.2, 0) is 16.7 Å². The van der Waals surface area contributed by atoms with Crippen molar-refractivity contribution in [2.45, 2.75) is 57.5 Å². The molecule has 3 aliphatic rings. The van der Waals surface area contributed by atoms with Gasteiger partial charge in [-0.3, -0.25) is 0 Å². The quantitative estimate of drug-likeness (QED) is 0.767. The van der Waals surface area contributed by atoms with E-state index in [1.165, 1.54) is 18.2 Å². The lowest BCUT2D eigenvalue weighted by atomic mass is 9.56. The van der Waals surface area contributed by atoms with Crippen LogP contribution in [0.1, 0.15) is 56.1 Å². The van der Waals surface area contributed by atoms with E-state index < -0.39 is 10.3 Å². The lowest BCUT2D eigenvalue weighted by molar-refractivity contribution is 0.0311. The Labute approximate surface area is 160 Å². The van der Waals surface area contributed by atoms with Gasteiger partial charge in [-0.05, 0) is 73.6 Å². The number of nitrogens with two attached hydrogens (primary N) is 1. The smallest absolute Gasteiger partial charge is 0.380 e. The highest BCUT2D eigenvalue weighted by molar-refractivity contribution is 7.84. The summed E-state index contributed by atoms with van der Waals surface area (Å²) in [5.41, 5.74) is 3.68. The molecule has 0 bridgehead atoms. The van der Waals surface area contributed by atoms with Crippen LogP contribution in [0.5, 0.6) is 11.5 Å². The Kier molecular flexibility index (Phi) is 4.52. The SMILES string of the molecule is CC[C@]12CC[C@@H]3c4cc(OC)c(OS(N)(=O)=O)cc4CC[C@H]3C1=CC[C@H]2O. The molecule has 1 fully saturated rings.